The van der Waals surface area contributed by atoms with Crippen LogP contribution in [0.5, 0.6) is 0 Å². The Labute approximate surface area is 189 Å². The summed E-state index contributed by atoms with van der Waals surface area (Å²) in [5, 5.41) is 2.98. The molecule has 0 saturated heterocycles. The van der Waals surface area contributed by atoms with Gasteiger partial charge in [-0.2, -0.15) is 0 Å². The number of carbonyl (C=O) groups is 2. The molecule has 1 atom stereocenters. The van der Waals surface area contributed by atoms with Gasteiger partial charge in [0.2, 0.25) is 11.8 Å². The highest BCUT2D eigenvalue weighted by Crippen LogP contribution is 2.19. The smallest absolute Gasteiger partial charge is 0.247 e. The van der Waals surface area contributed by atoms with E-state index in [1.54, 1.807) is 17.3 Å². The molecule has 0 aliphatic carbocycles. The molecule has 0 radical (unpaired) electrons. The van der Waals surface area contributed by atoms with E-state index in [1.165, 1.54) is 0 Å². The van der Waals surface area contributed by atoms with Crippen molar-refractivity contribution in [2.45, 2.75) is 32.4 Å². The minimum Gasteiger partial charge on any atom is -0.378 e. The predicted molar refractivity (Wildman–Crippen MR) is 128 cm³/mol. The second-order valence-electron chi connectivity index (χ2n) is 7.90. The summed E-state index contributed by atoms with van der Waals surface area (Å²) in [5.74, 6) is -0.291. The number of pyridine rings is 1. The van der Waals surface area contributed by atoms with E-state index in [0.717, 1.165) is 16.8 Å². The molecule has 0 bridgehead atoms. The largest absolute Gasteiger partial charge is 0.378 e. The number of hydrogen-bond acceptors (Lipinski definition) is 4. The van der Waals surface area contributed by atoms with Crippen LogP contribution in [0.25, 0.3) is 0 Å². The highest BCUT2D eigenvalue weighted by Gasteiger charge is 2.28. The van der Waals surface area contributed by atoms with E-state index in [9.17, 15) is 9.59 Å². The van der Waals surface area contributed by atoms with Gasteiger partial charge in [0.1, 0.15) is 6.04 Å². The van der Waals surface area contributed by atoms with E-state index in [2.05, 4.69) is 10.3 Å². The zero-order valence-electron chi connectivity index (χ0n) is 18.9. The van der Waals surface area contributed by atoms with Crippen molar-refractivity contribution in [2.24, 2.45) is 0 Å². The molecule has 0 spiro atoms. The van der Waals surface area contributed by atoms with Crippen molar-refractivity contribution in [2.75, 3.05) is 24.3 Å². The molecule has 1 heterocycles. The first-order chi connectivity index (χ1) is 15.5. The van der Waals surface area contributed by atoms with Crippen LogP contribution in [0.1, 0.15) is 24.5 Å². The maximum absolute atomic E-state index is 13.3. The number of nitrogens with one attached hydrogen (secondary N) is 1. The zero-order valence-corrected chi connectivity index (χ0v) is 18.9. The summed E-state index contributed by atoms with van der Waals surface area (Å²) in [4.78, 5) is 34.4. The van der Waals surface area contributed by atoms with Crippen molar-refractivity contribution in [3.05, 3.63) is 90.3 Å². The van der Waals surface area contributed by atoms with Crippen LogP contribution in [0.15, 0.2) is 79.1 Å². The molecule has 3 rings (SSSR count). The molecule has 6 nitrogen and oxygen atoms in total. The van der Waals surface area contributed by atoms with Gasteiger partial charge in [-0.05, 0) is 47.9 Å². The summed E-state index contributed by atoms with van der Waals surface area (Å²) in [6.45, 7) is 2.25. The van der Waals surface area contributed by atoms with Crippen molar-refractivity contribution in [3.63, 3.8) is 0 Å². The van der Waals surface area contributed by atoms with Crippen LogP contribution < -0.4 is 10.2 Å². The van der Waals surface area contributed by atoms with Crippen LogP contribution in [0, 0.1) is 0 Å². The number of carbonyl (C=O) groups excluding carboxylic acids is 2. The van der Waals surface area contributed by atoms with Crippen molar-refractivity contribution >= 4 is 23.2 Å². The molecule has 1 unspecified atom stereocenters. The highest BCUT2D eigenvalue weighted by atomic mass is 16.2. The first-order valence-corrected chi connectivity index (χ1v) is 10.8. The molecule has 6 heteroatoms. The van der Waals surface area contributed by atoms with E-state index in [-0.39, 0.29) is 18.2 Å². The quantitative estimate of drug-likeness (QED) is 0.554. The molecule has 0 fully saturated rings. The number of amides is 2. The zero-order chi connectivity index (χ0) is 22.9. The van der Waals surface area contributed by atoms with Crippen molar-refractivity contribution in [1.82, 2.24) is 9.88 Å². The number of aromatic nitrogens is 1. The Hall–Kier alpha value is -3.67. The number of rotatable bonds is 9. The van der Waals surface area contributed by atoms with E-state index < -0.39 is 6.04 Å². The van der Waals surface area contributed by atoms with Crippen LogP contribution in [0.4, 0.5) is 11.4 Å². The minimum absolute atomic E-state index is 0.0926. The topological polar surface area (TPSA) is 65.5 Å². The van der Waals surface area contributed by atoms with Crippen LogP contribution in [0.2, 0.25) is 0 Å². The maximum atomic E-state index is 13.3. The molecule has 2 aromatic carbocycles. The number of nitrogens with zero attached hydrogens (tertiary/aromatic N) is 3. The van der Waals surface area contributed by atoms with Crippen LogP contribution >= 0.6 is 0 Å². The standard InChI is InChI=1S/C26H30N4O2/c1-4-24(26(32)28-22-12-14-23(15-13-22)29(2)3)30(19-21-11-8-16-27-18-21)25(31)17-20-9-6-5-7-10-20/h5-16,18,24H,4,17,19H2,1-3H3,(H,28,32). The fourth-order valence-corrected chi connectivity index (χ4v) is 3.55. The van der Waals surface area contributed by atoms with E-state index in [4.69, 9.17) is 0 Å². The fraction of sp³-hybridized carbons (Fsp3) is 0.269. The Morgan fingerprint density at radius 3 is 2.22 bits per heavy atom. The minimum atomic E-state index is -0.597. The number of hydrogen-bond donors (Lipinski definition) is 1. The normalized spacial score (nSPS) is 11.5. The van der Waals surface area contributed by atoms with Crippen molar-refractivity contribution in [3.8, 4) is 0 Å². The lowest BCUT2D eigenvalue weighted by Gasteiger charge is -2.30. The summed E-state index contributed by atoms with van der Waals surface area (Å²) in [5.41, 5.74) is 3.56. The average Bonchev–Trinajstić information content (AvgIpc) is 2.80. The summed E-state index contributed by atoms with van der Waals surface area (Å²) in [6, 6.07) is 20.4. The van der Waals surface area contributed by atoms with Gasteiger partial charge >= 0.3 is 0 Å². The summed E-state index contributed by atoms with van der Waals surface area (Å²) in [6.07, 6.45) is 4.17. The molecule has 166 valence electrons. The Morgan fingerprint density at radius 1 is 0.938 bits per heavy atom. The van der Waals surface area contributed by atoms with E-state index in [0.29, 0.717) is 18.7 Å². The highest BCUT2D eigenvalue weighted by molar-refractivity contribution is 5.97. The lowest BCUT2D eigenvalue weighted by atomic mass is 10.1. The summed E-state index contributed by atoms with van der Waals surface area (Å²) >= 11 is 0. The molecule has 1 N–H and O–H groups in total. The SMILES string of the molecule is CCC(C(=O)Nc1ccc(N(C)C)cc1)N(Cc1cccnc1)C(=O)Cc1ccccc1. The Balaban J connectivity index is 1.81. The molecule has 0 aliphatic rings. The Kier molecular flexibility index (Phi) is 7.97. The third kappa shape index (κ3) is 6.17. The molecule has 3 aromatic rings. The summed E-state index contributed by atoms with van der Waals surface area (Å²) in [7, 11) is 3.94. The van der Waals surface area contributed by atoms with Gasteiger partial charge in [-0.3, -0.25) is 14.6 Å². The van der Waals surface area contributed by atoms with Gasteiger partial charge in [0, 0.05) is 44.4 Å². The molecule has 1 aromatic heterocycles. The van der Waals surface area contributed by atoms with E-state index in [1.807, 2.05) is 92.6 Å². The van der Waals surface area contributed by atoms with Crippen molar-refractivity contribution < 1.29 is 9.59 Å². The number of benzene rings is 2. The molecular formula is C26H30N4O2. The van der Waals surface area contributed by atoms with Gasteiger partial charge in [-0.15, -0.1) is 0 Å². The lowest BCUT2D eigenvalue weighted by Crippen LogP contribution is -2.47. The van der Waals surface area contributed by atoms with Crippen LogP contribution in [0.3, 0.4) is 0 Å². The van der Waals surface area contributed by atoms with Gasteiger partial charge in [-0.25, -0.2) is 0 Å². The first kappa shape index (κ1) is 23.0. The third-order valence-electron chi connectivity index (χ3n) is 5.31. The maximum Gasteiger partial charge on any atom is 0.247 e. The average molecular weight is 431 g/mol. The van der Waals surface area contributed by atoms with E-state index >= 15 is 0 Å². The molecule has 2 amide bonds. The second kappa shape index (κ2) is 11.1. The van der Waals surface area contributed by atoms with Crippen molar-refractivity contribution in [1.29, 1.82) is 0 Å². The lowest BCUT2D eigenvalue weighted by molar-refractivity contribution is -0.139. The van der Waals surface area contributed by atoms with Gasteiger partial charge in [-0.1, -0.05) is 43.3 Å². The molecule has 32 heavy (non-hydrogen) atoms. The molecule has 0 aliphatic heterocycles. The molecule has 0 saturated carbocycles. The monoisotopic (exact) mass is 430 g/mol. The van der Waals surface area contributed by atoms with Crippen LogP contribution in [-0.4, -0.2) is 41.8 Å². The van der Waals surface area contributed by atoms with Gasteiger partial charge in [0.05, 0.1) is 6.42 Å². The van der Waals surface area contributed by atoms with Gasteiger partial charge < -0.3 is 15.1 Å². The number of anilines is 2. The molecular weight excluding hydrogens is 400 g/mol. The Morgan fingerprint density at radius 2 is 1.62 bits per heavy atom. The predicted octanol–water partition coefficient (Wildman–Crippen LogP) is 4.14. The van der Waals surface area contributed by atoms with Crippen LogP contribution in [-0.2, 0) is 22.6 Å². The fourth-order valence-electron chi connectivity index (χ4n) is 3.55. The Bertz CT molecular complexity index is 1010. The third-order valence-corrected chi connectivity index (χ3v) is 5.31. The van der Waals surface area contributed by atoms with Gasteiger partial charge in [0.15, 0.2) is 0 Å². The summed E-state index contributed by atoms with van der Waals surface area (Å²) < 4.78 is 0. The van der Waals surface area contributed by atoms with Gasteiger partial charge in [0.25, 0.3) is 0 Å². The first-order valence-electron chi connectivity index (χ1n) is 10.8. The second-order valence-corrected chi connectivity index (χ2v) is 7.90.